The molecule has 0 saturated carbocycles. The number of β-amino-alcohol motifs (C(OH)–C–C–N with tert-alkyl or cyclic N) is 1. The Kier molecular flexibility index (Phi) is 9.47. The number of rotatable bonds is 10. The van der Waals surface area contributed by atoms with Crippen molar-refractivity contribution < 1.29 is 29.4 Å². The van der Waals surface area contributed by atoms with Gasteiger partial charge in [-0.05, 0) is 39.8 Å². The predicted molar refractivity (Wildman–Crippen MR) is 202 cm³/mol. The molecule has 4 aliphatic heterocycles. The number of carbonyl (C=O) groups excluding carboxylic acids is 1. The predicted octanol–water partition coefficient (Wildman–Crippen LogP) is 1.76. The number of aliphatic hydroxyl groups is 2. The molecule has 0 radical (unpaired) electrons. The molecule has 8 heterocycles. The van der Waals surface area contributed by atoms with Gasteiger partial charge in [-0.3, -0.25) is 29.6 Å². The van der Waals surface area contributed by atoms with Gasteiger partial charge in [0.2, 0.25) is 17.6 Å². The lowest BCUT2D eigenvalue weighted by atomic mass is 10.0. The molecule has 8 rings (SSSR count). The van der Waals surface area contributed by atoms with Gasteiger partial charge in [0.15, 0.2) is 11.5 Å². The summed E-state index contributed by atoms with van der Waals surface area (Å²) in [7, 11) is 0. The largest absolute Gasteiger partial charge is 0.471 e. The third kappa shape index (κ3) is 6.98. The van der Waals surface area contributed by atoms with Crippen molar-refractivity contribution >= 4 is 34.6 Å². The molecule has 18 nitrogen and oxygen atoms in total. The van der Waals surface area contributed by atoms with Crippen molar-refractivity contribution in [3.63, 3.8) is 0 Å². The number of piperazine rings is 2. The van der Waals surface area contributed by atoms with E-state index in [1.54, 1.807) is 29.4 Å². The smallest absolute Gasteiger partial charge is 0.312 e. The fourth-order valence-electron chi connectivity index (χ4n) is 8.18. The number of carbonyl (C=O) groups is 1. The Balaban J connectivity index is 1.17. The highest BCUT2D eigenvalue weighted by atomic mass is 16.6. The topological polar surface area (TPSA) is 191 Å². The van der Waals surface area contributed by atoms with Crippen LogP contribution in [0.15, 0.2) is 36.8 Å². The molecular formula is C37H47N11O7. The molecule has 55 heavy (non-hydrogen) atoms. The molecule has 0 bridgehead atoms. The van der Waals surface area contributed by atoms with Gasteiger partial charge >= 0.3 is 5.69 Å². The van der Waals surface area contributed by atoms with Gasteiger partial charge < -0.3 is 29.5 Å². The molecule has 0 spiro atoms. The van der Waals surface area contributed by atoms with Gasteiger partial charge in [0.05, 0.1) is 30.0 Å². The van der Waals surface area contributed by atoms with Crippen LogP contribution in [0.5, 0.6) is 11.8 Å². The number of amides is 1. The second-order valence-electron chi connectivity index (χ2n) is 15.8. The van der Waals surface area contributed by atoms with Crippen LogP contribution in [-0.4, -0.2) is 145 Å². The van der Waals surface area contributed by atoms with Gasteiger partial charge in [0.1, 0.15) is 22.9 Å². The van der Waals surface area contributed by atoms with Crippen molar-refractivity contribution in [2.24, 2.45) is 0 Å². The summed E-state index contributed by atoms with van der Waals surface area (Å²) in [4.78, 5) is 51.0. The molecule has 1 atom stereocenters. The molecule has 1 amide bonds. The van der Waals surface area contributed by atoms with Crippen molar-refractivity contribution in [2.75, 3.05) is 86.8 Å². The van der Waals surface area contributed by atoms with Gasteiger partial charge in [-0.25, -0.2) is 9.50 Å². The number of hydrogen-bond acceptors (Lipinski definition) is 15. The number of aliphatic hydroxyl groups excluding tert-OH is 2. The maximum absolute atomic E-state index is 15.1. The first-order valence-electron chi connectivity index (χ1n) is 18.7. The number of aromatic nitrogens is 5. The molecule has 4 aliphatic rings. The minimum Gasteiger partial charge on any atom is -0.471 e. The Hall–Kier alpha value is -5.17. The normalized spacial score (nSPS) is 19.8. The number of pyridine rings is 2. The summed E-state index contributed by atoms with van der Waals surface area (Å²) in [5.41, 5.74) is 1.61. The minimum atomic E-state index is -0.856. The van der Waals surface area contributed by atoms with Crippen LogP contribution in [-0.2, 0) is 12.8 Å². The van der Waals surface area contributed by atoms with Crippen LogP contribution in [0.25, 0.3) is 5.65 Å². The summed E-state index contributed by atoms with van der Waals surface area (Å²) in [5.74, 6) is 1.29. The van der Waals surface area contributed by atoms with E-state index in [-0.39, 0.29) is 23.7 Å². The van der Waals surface area contributed by atoms with Crippen molar-refractivity contribution in [1.82, 2.24) is 34.4 Å². The Bertz CT molecular complexity index is 2110. The van der Waals surface area contributed by atoms with Crippen LogP contribution in [0.2, 0.25) is 0 Å². The molecule has 2 N–H and O–H groups in total. The highest BCUT2D eigenvalue weighted by Crippen LogP contribution is 2.43. The number of anilines is 3. The van der Waals surface area contributed by atoms with E-state index in [1.165, 1.54) is 10.7 Å². The molecular weight excluding hydrogens is 710 g/mol. The van der Waals surface area contributed by atoms with Crippen LogP contribution in [0.1, 0.15) is 49.2 Å². The summed E-state index contributed by atoms with van der Waals surface area (Å²) in [6, 6.07) is 5.26. The van der Waals surface area contributed by atoms with E-state index in [2.05, 4.69) is 24.9 Å². The van der Waals surface area contributed by atoms with Crippen molar-refractivity contribution in [3.8, 4) is 11.8 Å². The van der Waals surface area contributed by atoms with Crippen molar-refractivity contribution in [1.29, 1.82) is 0 Å². The number of ether oxygens (including phenoxy) is 2. The van der Waals surface area contributed by atoms with E-state index in [9.17, 15) is 20.3 Å². The van der Waals surface area contributed by atoms with Gasteiger partial charge in [-0.15, -0.1) is 0 Å². The Labute approximate surface area is 318 Å². The zero-order valence-corrected chi connectivity index (χ0v) is 31.6. The van der Waals surface area contributed by atoms with Crippen LogP contribution in [0.3, 0.4) is 0 Å². The molecule has 1 unspecified atom stereocenters. The number of hydrogen-bond donors (Lipinski definition) is 2. The van der Waals surface area contributed by atoms with E-state index in [1.807, 2.05) is 43.6 Å². The maximum Gasteiger partial charge on any atom is 0.312 e. The first kappa shape index (κ1) is 36.8. The van der Waals surface area contributed by atoms with Gasteiger partial charge in [-0.2, -0.15) is 15.1 Å². The summed E-state index contributed by atoms with van der Waals surface area (Å²) in [6.45, 7) is 12.0. The molecule has 4 aromatic rings. The minimum absolute atomic E-state index is 0.0640. The third-order valence-corrected chi connectivity index (χ3v) is 10.8. The second kappa shape index (κ2) is 14.2. The Morgan fingerprint density at radius 2 is 1.55 bits per heavy atom. The SMILES string of the molecule is CC1(C)Cc2cc(N(C(=O)c3cnn4cccnc34)C(CO)N3CCN(c4nc5c(cc4[N+](=O)[O-])CC(C)(C)O5)CC3)c(N3CCN(CCO)CC3)nc2O1. The van der Waals surface area contributed by atoms with E-state index in [0.717, 1.165) is 5.56 Å². The molecule has 0 aliphatic carbocycles. The standard InChI is InChI=1S/C37H47N11O7/c1-36(2)20-24-18-27(31(40-33(24)54-36)44-10-8-42(9-11-44)16-17-49)47(35(51)26-22-39-46-7-5-6-38-30(26)46)29(23-50)43-12-14-45(15-13-43)32-28(48(52)53)19-25-21-37(3,4)55-34(25)41-32/h5-7,18-19,22,29,49-50H,8-17,20-21,23H2,1-4H3. The van der Waals surface area contributed by atoms with E-state index >= 15 is 4.79 Å². The molecule has 18 heteroatoms. The molecule has 0 aromatic carbocycles. The average Bonchev–Trinajstić information content (AvgIpc) is 3.82. The van der Waals surface area contributed by atoms with Crippen molar-refractivity contribution in [2.45, 2.75) is 57.9 Å². The molecule has 4 aromatic heterocycles. The summed E-state index contributed by atoms with van der Waals surface area (Å²) in [5, 5.41) is 37.6. The summed E-state index contributed by atoms with van der Waals surface area (Å²) in [6.07, 6.45) is 5.06. The Morgan fingerprint density at radius 1 is 0.927 bits per heavy atom. The fourth-order valence-corrected chi connectivity index (χ4v) is 8.18. The van der Waals surface area contributed by atoms with E-state index in [4.69, 9.17) is 14.5 Å². The second-order valence-corrected chi connectivity index (χ2v) is 15.8. The molecule has 2 fully saturated rings. The van der Waals surface area contributed by atoms with Crippen LogP contribution < -0.4 is 24.2 Å². The molecule has 2 saturated heterocycles. The maximum atomic E-state index is 15.1. The molecule has 292 valence electrons. The van der Waals surface area contributed by atoms with E-state index < -0.39 is 34.8 Å². The number of nitrogens with zero attached hydrogens (tertiary/aromatic N) is 11. The van der Waals surface area contributed by atoms with Crippen molar-refractivity contribution in [3.05, 3.63) is 63.6 Å². The highest BCUT2D eigenvalue weighted by Gasteiger charge is 2.41. The number of nitro groups is 1. The van der Waals surface area contributed by atoms with Gasteiger partial charge in [-0.1, -0.05) is 0 Å². The lowest BCUT2D eigenvalue weighted by molar-refractivity contribution is -0.384. The monoisotopic (exact) mass is 757 g/mol. The van der Waals surface area contributed by atoms with Gasteiger partial charge in [0.25, 0.3) is 5.91 Å². The fraction of sp³-hybridized carbons (Fsp3) is 0.541. The first-order valence-corrected chi connectivity index (χ1v) is 18.7. The summed E-state index contributed by atoms with van der Waals surface area (Å²) < 4.78 is 13.9. The Morgan fingerprint density at radius 3 is 2.18 bits per heavy atom. The zero-order chi connectivity index (χ0) is 38.6. The van der Waals surface area contributed by atoms with Crippen LogP contribution in [0.4, 0.5) is 23.0 Å². The lowest BCUT2D eigenvalue weighted by Crippen LogP contribution is -2.59. The highest BCUT2D eigenvalue weighted by molar-refractivity contribution is 6.11. The average molecular weight is 758 g/mol. The van der Waals surface area contributed by atoms with Crippen LogP contribution in [0, 0.1) is 10.1 Å². The lowest BCUT2D eigenvalue weighted by Gasteiger charge is -2.44. The third-order valence-electron chi connectivity index (χ3n) is 10.8. The zero-order valence-electron chi connectivity index (χ0n) is 31.6. The van der Waals surface area contributed by atoms with E-state index in [0.29, 0.717) is 106 Å². The quantitative estimate of drug-likeness (QED) is 0.176. The van der Waals surface area contributed by atoms with Crippen LogP contribution >= 0.6 is 0 Å². The summed E-state index contributed by atoms with van der Waals surface area (Å²) >= 11 is 0. The van der Waals surface area contributed by atoms with Gasteiger partial charge in [0, 0.05) is 101 Å². The first-order chi connectivity index (χ1) is 26.3. The number of fused-ring (bicyclic) bond motifs is 3.